The van der Waals surface area contributed by atoms with E-state index in [-0.39, 0.29) is 11.8 Å². The molecule has 2 aromatic rings. The first-order valence-corrected chi connectivity index (χ1v) is 10.3. The summed E-state index contributed by atoms with van der Waals surface area (Å²) >= 11 is 5.95. The van der Waals surface area contributed by atoms with Crippen molar-refractivity contribution in [3.05, 3.63) is 82.4 Å². The molecule has 1 fully saturated rings. The fraction of sp³-hybridized carbons (Fsp3) is 0.304. The molecule has 4 rings (SSSR count). The summed E-state index contributed by atoms with van der Waals surface area (Å²) in [5, 5.41) is 0.770. The van der Waals surface area contributed by atoms with Gasteiger partial charge >= 0.3 is 0 Å². The maximum atomic E-state index is 12.4. The Labute approximate surface area is 176 Å². The quantitative estimate of drug-likeness (QED) is 0.542. The molecule has 2 aliphatic rings. The SMILES string of the molecule is O=C1c2ccccc2C(=O)N1C/C=C/CN1CCN(Cc2ccc(Cl)cc2)CC1. The van der Waals surface area contributed by atoms with E-state index in [9.17, 15) is 9.59 Å². The average Bonchev–Trinajstić information content (AvgIpc) is 2.99. The van der Waals surface area contributed by atoms with E-state index in [4.69, 9.17) is 11.6 Å². The number of halogens is 1. The molecule has 2 aromatic carbocycles. The Hall–Kier alpha value is -2.47. The maximum Gasteiger partial charge on any atom is 0.261 e. The fourth-order valence-electron chi connectivity index (χ4n) is 3.79. The summed E-state index contributed by atoms with van der Waals surface area (Å²) in [4.78, 5) is 30.9. The third-order valence-corrected chi connectivity index (χ3v) is 5.73. The number of hydrogen-bond acceptors (Lipinski definition) is 4. The van der Waals surface area contributed by atoms with Crippen LogP contribution in [-0.4, -0.2) is 65.8 Å². The standard InChI is InChI=1S/C23H24ClN3O2/c24-19-9-7-18(8-10-19)17-26-15-13-25(14-16-26)11-3-4-12-27-22(28)20-5-1-2-6-21(20)23(27)29/h1-10H,11-17H2/b4-3+. The fourth-order valence-corrected chi connectivity index (χ4v) is 3.91. The molecule has 2 amide bonds. The Kier molecular flexibility index (Phi) is 6.09. The topological polar surface area (TPSA) is 43.9 Å². The minimum atomic E-state index is -0.203. The van der Waals surface area contributed by atoms with Gasteiger partial charge in [0.2, 0.25) is 0 Å². The maximum absolute atomic E-state index is 12.4. The molecule has 0 bridgehead atoms. The van der Waals surface area contributed by atoms with Crippen LogP contribution in [0, 0.1) is 0 Å². The minimum Gasteiger partial charge on any atom is -0.297 e. The van der Waals surface area contributed by atoms with Crippen LogP contribution in [0.3, 0.4) is 0 Å². The van der Waals surface area contributed by atoms with E-state index in [2.05, 4.69) is 28.0 Å². The van der Waals surface area contributed by atoms with Gasteiger partial charge in [0.05, 0.1) is 11.1 Å². The highest BCUT2D eigenvalue weighted by atomic mass is 35.5. The van der Waals surface area contributed by atoms with Crippen LogP contribution in [0.15, 0.2) is 60.7 Å². The van der Waals surface area contributed by atoms with Crippen molar-refractivity contribution in [3.63, 3.8) is 0 Å². The Bertz CT molecular complexity index is 883. The Morgan fingerprint density at radius 3 is 1.93 bits per heavy atom. The summed E-state index contributed by atoms with van der Waals surface area (Å²) in [7, 11) is 0. The van der Waals surface area contributed by atoms with E-state index < -0.39 is 0 Å². The van der Waals surface area contributed by atoms with Gasteiger partial charge in [0, 0.05) is 50.8 Å². The number of hydrogen-bond donors (Lipinski definition) is 0. The minimum absolute atomic E-state index is 0.203. The van der Waals surface area contributed by atoms with Gasteiger partial charge in [0.1, 0.15) is 0 Å². The molecular weight excluding hydrogens is 386 g/mol. The lowest BCUT2D eigenvalue weighted by Crippen LogP contribution is -2.45. The van der Waals surface area contributed by atoms with Crippen LogP contribution in [0.5, 0.6) is 0 Å². The number of benzene rings is 2. The molecular formula is C23H24ClN3O2. The van der Waals surface area contributed by atoms with E-state index in [0.717, 1.165) is 44.3 Å². The molecule has 29 heavy (non-hydrogen) atoms. The van der Waals surface area contributed by atoms with E-state index >= 15 is 0 Å². The van der Waals surface area contributed by atoms with Gasteiger partial charge < -0.3 is 0 Å². The molecule has 0 radical (unpaired) electrons. The van der Waals surface area contributed by atoms with Gasteiger partial charge in [0.15, 0.2) is 0 Å². The number of fused-ring (bicyclic) bond motifs is 1. The second kappa shape index (κ2) is 8.91. The summed E-state index contributed by atoms with van der Waals surface area (Å²) in [5.74, 6) is -0.405. The van der Waals surface area contributed by atoms with Gasteiger partial charge in [-0.3, -0.25) is 24.3 Å². The van der Waals surface area contributed by atoms with Crippen LogP contribution in [0.2, 0.25) is 5.02 Å². The lowest BCUT2D eigenvalue weighted by Gasteiger charge is -2.34. The van der Waals surface area contributed by atoms with Crippen molar-refractivity contribution in [3.8, 4) is 0 Å². The van der Waals surface area contributed by atoms with Crippen molar-refractivity contribution >= 4 is 23.4 Å². The van der Waals surface area contributed by atoms with Crippen LogP contribution >= 0.6 is 11.6 Å². The molecule has 2 heterocycles. The van der Waals surface area contributed by atoms with Gasteiger partial charge in [-0.05, 0) is 29.8 Å². The van der Waals surface area contributed by atoms with Crippen LogP contribution in [0.4, 0.5) is 0 Å². The highest BCUT2D eigenvalue weighted by Gasteiger charge is 2.34. The zero-order valence-corrected chi connectivity index (χ0v) is 17.0. The smallest absolute Gasteiger partial charge is 0.261 e. The molecule has 0 aromatic heterocycles. The molecule has 2 aliphatic heterocycles. The van der Waals surface area contributed by atoms with Crippen molar-refractivity contribution in [1.29, 1.82) is 0 Å². The number of carbonyl (C=O) groups is 2. The van der Waals surface area contributed by atoms with E-state index in [1.165, 1.54) is 10.5 Å². The predicted molar refractivity (Wildman–Crippen MR) is 114 cm³/mol. The van der Waals surface area contributed by atoms with E-state index in [0.29, 0.717) is 17.7 Å². The van der Waals surface area contributed by atoms with Crippen molar-refractivity contribution in [2.45, 2.75) is 6.54 Å². The van der Waals surface area contributed by atoms with Crippen LogP contribution in [0.1, 0.15) is 26.3 Å². The monoisotopic (exact) mass is 409 g/mol. The Morgan fingerprint density at radius 1 is 0.759 bits per heavy atom. The zero-order valence-electron chi connectivity index (χ0n) is 16.3. The van der Waals surface area contributed by atoms with E-state index in [1.54, 1.807) is 24.3 Å². The summed E-state index contributed by atoms with van der Waals surface area (Å²) in [6.45, 7) is 6.15. The van der Waals surface area contributed by atoms with Crippen molar-refractivity contribution < 1.29 is 9.59 Å². The molecule has 0 atom stereocenters. The number of piperazine rings is 1. The Morgan fingerprint density at radius 2 is 1.31 bits per heavy atom. The van der Waals surface area contributed by atoms with E-state index in [1.807, 2.05) is 18.2 Å². The summed E-state index contributed by atoms with van der Waals surface area (Å²) in [6.07, 6.45) is 3.97. The first-order valence-electron chi connectivity index (χ1n) is 9.91. The van der Waals surface area contributed by atoms with Crippen LogP contribution in [-0.2, 0) is 6.54 Å². The van der Waals surface area contributed by atoms with Crippen LogP contribution < -0.4 is 0 Å². The van der Waals surface area contributed by atoms with Gasteiger partial charge in [-0.15, -0.1) is 0 Å². The molecule has 5 nitrogen and oxygen atoms in total. The largest absolute Gasteiger partial charge is 0.297 e. The highest BCUT2D eigenvalue weighted by molar-refractivity contribution is 6.30. The number of rotatable bonds is 6. The molecule has 150 valence electrons. The number of nitrogens with zero attached hydrogens (tertiary/aromatic N) is 3. The number of carbonyl (C=O) groups excluding carboxylic acids is 2. The second-order valence-corrected chi connectivity index (χ2v) is 7.88. The van der Waals surface area contributed by atoms with Crippen molar-refractivity contribution in [1.82, 2.24) is 14.7 Å². The lowest BCUT2D eigenvalue weighted by molar-refractivity contribution is 0.0671. The van der Waals surface area contributed by atoms with Gasteiger partial charge in [-0.25, -0.2) is 0 Å². The van der Waals surface area contributed by atoms with Crippen LogP contribution in [0.25, 0.3) is 0 Å². The zero-order chi connectivity index (χ0) is 20.2. The number of amides is 2. The lowest BCUT2D eigenvalue weighted by atomic mass is 10.1. The molecule has 0 N–H and O–H groups in total. The summed E-state index contributed by atoms with van der Waals surface area (Å²) in [5.41, 5.74) is 2.29. The normalized spacial score (nSPS) is 18.0. The van der Waals surface area contributed by atoms with Gasteiger partial charge in [-0.1, -0.05) is 48.0 Å². The third kappa shape index (κ3) is 4.58. The molecule has 0 spiro atoms. The summed E-state index contributed by atoms with van der Waals surface area (Å²) < 4.78 is 0. The van der Waals surface area contributed by atoms with Gasteiger partial charge in [-0.2, -0.15) is 0 Å². The molecule has 0 unspecified atom stereocenters. The highest BCUT2D eigenvalue weighted by Crippen LogP contribution is 2.22. The van der Waals surface area contributed by atoms with Crippen molar-refractivity contribution in [2.24, 2.45) is 0 Å². The molecule has 0 aliphatic carbocycles. The molecule has 6 heteroatoms. The first-order chi connectivity index (χ1) is 14.1. The van der Waals surface area contributed by atoms with Gasteiger partial charge in [0.25, 0.3) is 11.8 Å². The Balaban J connectivity index is 1.21. The first kappa shape index (κ1) is 19.8. The molecule has 1 saturated heterocycles. The summed E-state index contributed by atoms with van der Waals surface area (Å²) in [6, 6.07) is 15.0. The molecule has 0 saturated carbocycles. The second-order valence-electron chi connectivity index (χ2n) is 7.44. The predicted octanol–water partition coefficient (Wildman–Crippen LogP) is 3.31. The third-order valence-electron chi connectivity index (χ3n) is 5.48. The average molecular weight is 410 g/mol. The van der Waals surface area contributed by atoms with Crippen molar-refractivity contribution in [2.75, 3.05) is 39.3 Å². The number of imide groups is 1.